The van der Waals surface area contributed by atoms with Crippen LogP contribution in [-0.4, -0.2) is 26.7 Å². The number of halogens is 2. The van der Waals surface area contributed by atoms with E-state index in [1.165, 1.54) is 11.0 Å². The molecule has 1 fully saturated rings. The topological polar surface area (TPSA) is 42.3 Å². The minimum Gasteiger partial charge on any atom is -0.342 e. The van der Waals surface area contributed by atoms with Crippen LogP contribution in [0.3, 0.4) is 0 Å². The maximum absolute atomic E-state index is 14.3. The number of carbonyl (C=O) groups excluding carboxylic acids is 2. The summed E-state index contributed by atoms with van der Waals surface area (Å²) in [6, 6.07) is 12.1. The number of amides is 2. The highest BCUT2D eigenvalue weighted by Crippen LogP contribution is 2.35. The molecule has 148 valence electrons. The van der Waals surface area contributed by atoms with Crippen molar-refractivity contribution in [3.8, 4) is 0 Å². The summed E-state index contributed by atoms with van der Waals surface area (Å²) < 4.78 is 16.2. The van der Waals surface area contributed by atoms with E-state index in [4.69, 9.17) is 11.6 Å². The second kappa shape index (κ2) is 7.69. The maximum atomic E-state index is 14.3. The first kappa shape index (κ1) is 19.7. The second-order valence-electron chi connectivity index (χ2n) is 7.08. The van der Waals surface area contributed by atoms with Crippen molar-refractivity contribution in [1.29, 1.82) is 0 Å². The average molecular weight is 429 g/mol. The molecule has 29 heavy (non-hydrogen) atoms. The van der Waals surface area contributed by atoms with Gasteiger partial charge in [-0.05, 0) is 49.9 Å². The normalized spacial score (nSPS) is 16.0. The Bertz CT molecular complexity index is 1150. The van der Waals surface area contributed by atoms with Crippen LogP contribution in [0, 0.1) is 5.82 Å². The molecule has 1 aliphatic heterocycles. The average Bonchev–Trinajstić information content (AvgIpc) is 3.16. The number of hydrogen-bond donors (Lipinski definition) is 0. The van der Waals surface area contributed by atoms with E-state index in [0.717, 1.165) is 28.2 Å². The molecule has 1 aliphatic rings. The molecule has 2 amide bonds. The van der Waals surface area contributed by atoms with E-state index in [-0.39, 0.29) is 29.6 Å². The second-order valence-corrected chi connectivity index (χ2v) is 8.48. The highest BCUT2D eigenvalue weighted by molar-refractivity contribution is 8.18. The largest absolute Gasteiger partial charge is 0.342 e. The smallest absolute Gasteiger partial charge is 0.293 e. The minimum absolute atomic E-state index is 0.196. The van der Waals surface area contributed by atoms with Crippen molar-refractivity contribution in [3.63, 3.8) is 0 Å². The van der Waals surface area contributed by atoms with Gasteiger partial charge in [-0.3, -0.25) is 14.5 Å². The van der Waals surface area contributed by atoms with Gasteiger partial charge in [0.25, 0.3) is 11.1 Å². The molecule has 1 aromatic heterocycles. The summed E-state index contributed by atoms with van der Waals surface area (Å²) >= 11 is 7.14. The van der Waals surface area contributed by atoms with Crippen molar-refractivity contribution >= 4 is 51.5 Å². The van der Waals surface area contributed by atoms with Gasteiger partial charge in [0.2, 0.25) is 0 Å². The van der Waals surface area contributed by atoms with Gasteiger partial charge < -0.3 is 4.57 Å². The van der Waals surface area contributed by atoms with Gasteiger partial charge in [0.15, 0.2) is 0 Å². The number of thioether (sulfide) groups is 1. The number of nitrogens with zero attached hydrogens (tertiary/aromatic N) is 2. The number of hydrogen-bond acceptors (Lipinski definition) is 3. The molecule has 1 saturated heterocycles. The van der Waals surface area contributed by atoms with Crippen molar-refractivity contribution in [2.75, 3.05) is 0 Å². The Morgan fingerprint density at radius 2 is 1.90 bits per heavy atom. The van der Waals surface area contributed by atoms with Crippen LogP contribution in [0.1, 0.15) is 25.0 Å². The summed E-state index contributed by atoms with van der Waals surface area (Å²) in [7, 11) is 0. The Labute approximate surface area is 176 Å². The number of aromatic nitrogens is 1. The summed E-state index contributed by atoms with van der Waals surface area (Å²) in [6.45, 7) is 3.87. The number of imide groups is 1. The zero-order chi connectivity index (χ0) is 20.7. The van der Waals surface area contributed by atoms with Gasteiger partial charge >= 0.3 is 0 Å². The first-order valence-electron chi connectivity index (χ1n) is 9.14. The lowest BCUT2D eigenvalue weighted by atomic mass is 10.1. The third kappa shape index (κ3) is 3.58. The lowest BCUT2D eigenvalue weighted by Crippen LogP contribution is -2.34. The molecule has 0 unspecified atom stereocenters. The quantitative estimate of drug-likeness (QED) is 0.484. The van der Waals surface area contributed by atoms with Crippen LogP contribution in [0.25, 0.3) is 17.0 Å². The van der Waals surface area contributed by atoms with Crippen LogP contribution >= 0.6 is 23.4 Å². The molecule has 3 aromatic rings. The number of para-hydroxylation sites is 1. The van der Waals surface area contributed by atoms with Crippen LogP contribution in [0.2, 0.25) is 5.02 Å². The standard InChI is InChI=1S/C22H18ClFN2O2S/c1-13(2)26-21(27)20(29-22(26)28)10-14-11-25(19-9-4-3-6-15(14)19)12-16-17(23)7-5-8-18(16)24/h3-11,13H,12H2,1-2H3/b20-10-. The summed E-state index contributed by atoms with van der Waals surface area (Å²) in [6.07, 6.45) is 3.59. The molecule has 2 heterocycles. The Morgan fingerprint density at radius 1 is 1.14 bits per heavy atom. The van der Waals surface area contributed by atoms with Gasteiger partial charge in [0, 0.05) is 39.3 Å². The fraction of sp³-hybridized carbons (Fsp3) is 0.182. The van der Waals surface area contributed by atoms with Crippen molar-refractivity contribution in [1.82, 2.24) is 9.47 Å². The Balaban J connectivity index is 1.78. The predicted octanol–water partition coefficient (Wildman–Crippen LogP) is 5.93. The number of rotatable bonds is 4. The summed E-state index contributed by atoms with van der Waals surface area (Å²) in [4.78, 5) is 26.4. The van der Waals surface area contributed by atoms with E-state index < -0.39 is 0 Å². The molecule has 4 nitrogen and oxygen atoms in total. The van der Waals surface area contributed by atoms with E-state index in [9.17, 15) is 14.0 Å². The van der Waals surface area contributed by atoms with Gasteiger partial charge in [0.05, 0.1) is 11.4 Å². The van der Waals surface area contributed by atoms with Gasteiger partial charge in [0.1, 0.15) is 5.82 Å². The zero-order valence-corrected chi connectivity index (χ0v) is 17.4. The molecule has 0 radical (unpaired) electrons. The van der Waals surface area contributed by atoms with Crippen molar-refractivity contribution in [2.45, 2.75) is 26.4 Å². The molecule has 2 aromatic carbocycles. The van der Waals surface area contributed by atoms with Crippen LogP contribution < -0.4 is 0 Å². The maximum Gasteiger partial charge on any atom is 0.293 e. The van der Waals surface area contributed by atoms with Crippen molar-refractivity contribution in [2.24, 2.45) is 0 Å². The molecule has 0 bridgehead atoms. The molecular formula is C22H18ClFN2O2S. The lowest BCUT2D eigenvalue weighted by molar-refractivity contribution is -0.123. The SMILES string of the molecule is CC(C)N1C(=O)S/C(=C\c2cn(Cc3c(F)cccc3Cl)c3ccccc23)C1=O. The number of benzene rings is 2. The molecular weight excluding hydrogens is 411 g/mol. The molecule has 0 spiro atoms. The van der Waals surface area contributed by atoms with E-state index in [2.05, 4.69) is 0 Å². The molecule has 0 saturated carbocycles. The fourth-order valence-corrected chi connectivity index (χ4v) is 4.62. The van der Waals surface area contributed by atoms with E-state index in [1.54, 1.807) is 18.2 Å². The van der Waals surface area contributed by atoms with Crippen LogP contribution in [0.5, 0.6) is 0 Å². The van der Waals surface area contributed by atoms with Gasteiger partial charge in [-0.1, -0.05) is 35.9 Å². The number of carbonyl (C=O) groups is 2. The predicted molar refractivity (Wildman–Crippen MR) is 115 cm³/mol. The zero-order valence-electron chi connectivity index (χ0n) is 15.9. The molecule has 4 rings (SSSR count). The summed E-state index contributed by atoms with van der Waals surface area (Å²) in [5.74, 6) is -0.654. The Kier molecular flexibility index (Phi) is 5.23. The van der Waals surface area contributed by atoms with Crippen LogP contribution in [0.15, 0.2) is 53.6 Å². The van der Waals surface area contributed by atoms with E-state index >= 15 is 0 Å². The van der Waals surface area contributed by atoms with Gasteiger partial charge in [-0.2, -0.15) is 0 Å². The first-order valence-corrected chi connectivity index (χ1v) is 10.3. The molecule has 0 N–H and O–H groups in total. The van der Waals surface area contributed by atoms with Crippen LogP contribution in [-0.2, 0) is 11.3 Å². The fourth-order valence-electron chi connectivity index (χ4n) is 3.44. The Morgan fingerprint density at radius 3 is 2.59 bits per heavy atom. The molecule has 0 aliphatic carbocycles. The molecule has 0 atom stereocenters. The van der Waals surface area contributed by atoms with Crippen LogP contribution in [0.4, 0.5) is 9.18 Å². The van der Waals surface area contributed by atoms with Crippen molar-refractivity contribution < 1.29 is 14.0 Å². The molecule has 7 heteroatoms. The van der Waals surface area contributed by atoms with E-state index in [0.29, 0.717) is 15.5 Å². The highest BCUT2D eigenvalue weighted by atomic mass is 35.5. The third-order valence-electron chi connectivity index (χ3n) is 4.84. The summed E-state index contributed by atoms with van der Waals surface area (Å²) in [5, 5.41) is 1.01. The summed E-state index contributed by atoms with van der Waals surface area (Å²) in [5.41, 5.74) is 2.09. The van der Waals surface area contributed by atoms with E-state index in [1.807, 2.05) is 48.9 Å². The monoisotopic (exact) mass is 428 g/mol. The lowest BCUT2D eigenvalue weighted by Gasteiger charge is -2.16. The third-order valence-corrected chi connectivity index (χ3v) is 6.07. The van der Waals surface area contributed by atoms with Gasteiger partial charge in [-0.15, -0.1) is 0 Å². The van der Waals surface area contributed by atoms with Gasteiger partial charge in [-0.25, -0.2) is 4.39 Å². The van der Waals surface area contributed by atoms with Crippen molar-refractivity contribution in [3.05, 3.63) is 75.5 Å². The minimum atomic E-state index is -0.366. The Hall–Kier alpha value is -2.57. The number of fused-ring (bicyclic) bond motifs is 1. The highest BCUT2D eigenvalue weighted by Gasteiger charge is 2.36. The first-order chi connectivity index (χ1) is 13.9.